The van der Waals surface area contributed by atoms with Gasteiger partial charge >= 0.3 is 0 Å². The molecule has 1 aromatic carbocycles. The van der Waals surface area contributed by atoms with E-state index in [2.05, 4.69) is 29.8 Å². The van der Waals surface area contributed by atoms with E-state index in [1.807, 2.05) is 24.4 Å². The van der Waals surface area contributed by atoms with Crippen molar-refractivity contribution in [3.8, 4) is 5.75 Å². The van der Waals surface area contributed by atoms with E-state index < -0.39 is 0 Å². The molecule has 0 saturated carbocycles. The molecule has 0 radical (unpaired) electrons. The molecule has 1 N–H and O–H groups in total. The highest BCUT2D eigenvalue weighted by Gasteiger charge is 2.19. The van der Waals surface area contributed by atoms with E-state index in [1.165, 1.54) is 0 Å². The highest BCUT2D eigenvalue weighted by molar-refractivity contribution is 5.87. The molecule has 0 bridgehead atoms. The monoisotopic (exact) mass is 343 g/mol. The Balaban J connectivity index is 1.52. The Kier molecular flexibility index (Phi) is 5.26. The zero-order valence-electron chi connectivity index (χ0n) is 14.8. The predicted molar refractivity (Wildman–Crippen MR) is 96.6 cm³/mol. The summed E-state index contributed by atoms with van der Waals surface area (Å²) in [5, 5.41) is 3.81. The Hall–Kier alpha value is -2.50. The molecule has 0 unspecified atom stereocenters. The summed E-state index contributed by atoms with van der Waals surface area (Å²) in [6.45, 7) is 6.05. The highest BCUT2D eigenvalue weighted by Crippen LogP contribution is 2.28. The second kappa shape index (κ2) is 7.59. The van der Waals surface area contributed by atoms with Gasteiger partial charge in [0.15, 0.2) is 6.61 Å². The summed E-state index contributed by atoms with van der Waals surface area (Å²) in [6, 6.07) is 8.25. The molecule has 6 heteroatoms. The van der Waals surface area contributed by atoms with E-state index in [0.29, 0.717) is 31.3 Å². The molecule has 2 amide bonds. The minimum Gasteiger partial charge on any atom is -0.483 e. The molecule has 25 heavy (non-hydrogen) atoms. The van der Waals surface area contributed by atoms with Crippen LogP contribution >= 0.6 is 0 Å². The van der Waals surface area contributed by atoms with Crippen LogP contribution in [0.1, 0.15) is 32.7 Å². The number of hydrogen-bond donors (Lipinski definition) is 1. The summed E-state index contributed by atoms with van der Waals surface area (Å²) in [6.07, 6.45) is 3.57. The van der Waals surface area contributed by atoms with Crippen molar-refractivity contribution in [1.82, 2.24) is 14.8 Å². The Morgan fingerprint density at radius 1 is 1.32 bits per heavy atom. The van der Waals surface area contributed by atoms with Crippen molar-refractivity contribution in [3.63, 3.8) is 0 Å². The number of nitrogens with one attached hydrogen (secondary N) is 1. The fourth-order valence-corrected chi connectivity index (χ4v) is 3.20. The first kappa shape index (κ1) is 17.3. The molecule has 1 aromatic heterocycles. The largest absolute Gasteiger partial charge is 0.483 e. The van der Waals surface area contributed by atoms with Gasteiger partial charge in [-0.3, -0.25) is 9.59 Å². The lowest BCUT2D eigenvalue weighted by molar-refractivity contribution is -0.128. The molecule has 6 nitrogen and oxygen atoms in total. The molecule has 0 aliphatic carbocycles. The number of benzene rings is 1. The van der Waals surface area contributed by atoms with E-state index in [-0.39, 0.29) is 18.4 Å². The van der Waals surface area contributed by atoms with Crippen LogP contribution in [0.4, 0.5) is 0 Å². The van der Waals surface area contributed by atoms with Crippen LogP contribution in [0, 0.1) is 0 Å². The van der Waals surface area contributed by atoms with Crippen molar-refractivity contribution < 1.29 is 14.3 Å². The average Bonchev–Trinajstić information content (AvgIpc) is 3.19. The maximum atomic E-state index is 12.0. The van der Waals surface area contributed by atoms with E-state index in [4.69, 9.17) is 4.74 Å². The van der Waals surface area contributed by atoms with Gasteiger partial charge in [-0.05, 0) is 38.5 Å². The van der Waals surface area contributed by atoms with Gasteiger partial charge < -0.3 is 19.5 Å². The topological polar surface area (TPSA) is 63.6 Å². The minimum atomic E-state index is -0.174. The van der Waals surface area contributed by atoms with Crippen molar-refractivity contribution in [2.24, 2.45) is 0 Å². The third-order valence-electron chi connectivity index (χ3n) is 4.51. The van der Waals surface area contributed by atoms with Gasteiger partial charge in [0.25, 0.3) is 5.91 Å². The Bertz CT molecular complexity index is 766. The maximum Gasteiger partial charge on any atom is 0.258 e. The van der Waals surface area contributed by atoms with Gasteiger partial charge in [-0.15, -0.1) is 0 Å². The van der Waals surface area contributed by atoms with Crippen LogP contribution in [0.3, 0.4) is 0 Å². The Morgan fingerprint density at radius 3 is 2.88 bits per heavy atom. The SMILES string of the molecule is CC(C)n1ccc2c(OCC(=O)NCCN3CCCC3=O)cccc21. The van der Waals surface area contributed by atoms with Gasteiger partial charge in [0, 0.05) is 43.7 Å². The van der Waals surface area contributed by atoms with Gasteiger partial charge in [-0.2, -0.15) is 0 Å². The van der Waals surface area contributed by atoms with Crippen molar-refractivity contribution in [2.45, 2.75) is 32.7 Å². The Labute approximate surface area is 147 Å². The summed E-state index contributed by atoms with van der Waals surface area (Å²) in [5.74, 6) is 0.709. The van der Waals surface area contributed by atoms with Gasteiger partial charge in [0.1, 0.15) is 5.75 Å². The molecule has 2 heterocycles. The number of fused-ring (bicyclic) bond motifs is 1. The highest BCUT2D eigenvalue weighted by atomic mass is 16.5. The van der Waals surface area contributed by atoms with Crippen LogP contribution in [0.2, 0.25) is 0 Å². The zero-order valence-corrected chi connectivity index (χ0v) is 14.8. The summed E-state index contributed by atoms with van der Waals surface area (Å²) >= 11 is 0. The molecule has 0 atom stereocenters. The Morgan fingerprint density at radius 2 is 2.16 bits per heavy atom. The van der Waals surface area contributed by atoms with E-state index >= 15 is 0 Å². The minimum absolute atomic E-state index is 0.0279. The molecule has 134 valence electrons. The van der Waals surface area contributed by atoms with Crippen molar-refractivity contribution in [1.29, 1.82) is 0 Å². The van der Waals surface area contributed by atoms with Crippen LogP contribution < -0.4 is 10.1 Å². The predicted octanol–water partition coefficient (Wildman–Crippen LogP) is 2.34. The molecule has 0 spiro atoms. The van der Waals surface area contributed by atoms with Crippen LogP contribution in [0.25, 0.3) is 10.9 Å². The second-order valence-corrected chi connectivity index (χ2v) is 6.63. The maximum absolute atomic E-state index is 12.0. The molecule has 1 aliphatic rings. The second-order valence-electron chi connectivity index (χ2n) is 6.63. The quantitative estimate of drug-likeness (QED) is 0.839. The number of amides is 2. The standard InChI is InChI=1S/C19H25N3O3/c1-14(2)22-11-8-15-16(22)5-3-6-17(15)25-13-18(23)20-9-12-21-10-4-7-19(21)24/h3,5-6,8,11,14H,4,7,9-10,12-13H2,1-2H3,(H,20,23). The number of carbonyl (C=O) groups excluding carboxylic acids is 2. The van der Waals surface area contributed by atoms with Crippen LogP contribution in [0.5, 0.6) is 5.75 Å². The third kappa shape index (κ3) is 3.95. The molecular weight excluding hydrogens is 318 g/mol. The first-order valence-electron chi connectivity index (χ1n) is 8.83. The van der Waals surface area contributed by atoms with Crippen LogP contribution in [0.15, 0.2) is 30.5 Å². The van der Waals surface area contributed by atoms with E-state index in [0.717, 1.165) is 23.9 Å². The van der Waals surface area contributed by atoms with Crippen molar-refractivity contribution >= 4 is 22.7 Å². The van der Waals surface area contributed by atoms with Gasteiger partial charge in [0.2, 0.25) is 5.91 Å². The van der Waals surface area contributed by atoms with Gasteiger partial charge in [0.05, 0.1) is 5.52 Å². The van der Waals surface area contributed by atoms with Crippen LogP contribution in [-0.2, 0) is 9.59 Å². The fourth-order valence-electron chi connectivity index (χ4n) is 3.20. The molecule has 1 saturated heterocycles. The first-order valence-corrected chi connectivity index (χ1v) is 8.83. The molecular formula is C19H25N3O3. The number of nitrogens with zero attached hydrogens (tertiary/aromatic N) is 2. The smallest absolute Gasteiger partial charge is 0.258 e. The lowest BCUT2D eigenvalue weighted by Gasteiger charge is -2.15. The summed E-state index contributed by atoms with van der Waals surface area (Å²) in [7, 11) is 0. The van der Waals surface area contributed by atoms with Gasteiger partial charge in [-0.1, -0.05) is 6.07 Å². The van der Waals surface area contributed by atoms with E-state index in [9.17, 15) is 9.59 Å². The lowest BCUT2D eigenvalue weighted by atomic mass is 10.2. The first-order chi connectivity index (χ1) is 12.1. The molecule has 3 rings (SSSR count). The summed E-state index contributed by atoms with van der Waals surface area (Å²) in [4.78, 5) is 25.3. The number of ether oxygens (including phenoxy) is 1. The molecule has 2 aromatic rings. The summed E-state index contributed by atoms with van der Waals surface area (Å²) < 4.78 is 7.89. The number of carbonyl (C=O) groups is 2. The number of likely N-dealkylation sites (tertiary alicyclic amines) is 1. The van der Waals surface area contributed by atoms with Crippen LogP contribution in [-0.4, -0.2) is 47.5 Å². The number of aromatic nitrogens is 1. The fraction of sp³-hybridized carbons (Fsp3) is 0.474. The average molecular weight is 343 g/mol. The number of rotatable bonds is 7. The third-order valence-corrected chi connectivity index (χ3v) is 4.51. The van der Waals surface area contributed by atoms with Gasteiger partial charge in [-0.25, -0.2) is 0 Å². The van der Waals surface area contributed by atoms with E-state index in [1.54, 1.807) is 4.90 Å². The lowest BCUT2D eigenvalue weighted by Crippen LogP contribution is -2.37. The zero-order chi connectivity index (χ0) is 17.8. The normalized spacial score (nSPS) is 14.5. The van der Waals surface area contributed by atoms with Crippen molar-refractivity contribution in [3.05, 3.63) is 30.5 Å². The molecule has 1 aliphatic heterocycles. The van der Waals surface area contributed by atoms with Crippen molar-refractivity contribution in [2.75, 3.05) is 26.2 Å². The summed E-state index contributed by atoms with van der Waals surface area (Å²) in [5.41, 5.74) is 1.10. The number of hydrogen-bond acceptors (Lipinski definition) is 3. The molecule has 1 fully saturated rings.